The standard InChI is InChI=1S/C97H78BN5/c1-95(2,3)70-51-69(52-71(55-70)96(4,5)6)67-47-50-81-88(54-67)102(87-58-73(48-45-68(87)61-99)100-85-43-27-24-39-78(85)92-75(40-28-44-86(92)100)63-31-16-11-17-32-63)90-59-74(101-83-41-25-22-37-76(83)77-38-23-26-42-84(77)101)60-91-93(90)98(81)82-49-46-66(62-29-14-10-15-30-62)53-89(82)103(91)94-79(64-33-18-12-19-34-64)56-72(97(7,8)9)57-80(94)65-35-20-13-21-36-65/h10-60H,1-9H3/i10D,11D,14D,15D,16D,17D,22D,23D,24D,25D,26D,27D,28D,29D,30D,31D,32D,37D,38D,39D,40D,41D,43D,44D. The molecule has 103 heavy (non-hydrogen) atoms. The van der Waals surface area contributed by atoms with Crippen molar-refractivity contribution in [3.8, 4) is 73.1 Å². The van der Waals surface area contributed by atoms with Gasteiger partial charge in [-0.1, -0.05) is 292 Å². The number of rotatable bonds is 9. The largest absolute Gasteiger partial charge is 0.310 e. The molecule has 14 aromatic carbocycles. The van der Waals surface area contributed by atoms with Gasteiger partial charge in [-0.2, -0.15) is 5.26 Å². The third kappa shape index (κ3) is 10.4. The fourth-order valence-corrected chi connectivity index (χ4v) is 15.1. The average Bonchev–Trinajstić information content (AvgIpc) is 1.66. The maximum Gasteiger partial charge on any atom is 0.252 e. The van der Waals surface area contributed by atoms with Gasteiger partial charge >= 0.3 is 0 Å². The molecule has 16 aromatic rings. The number of anilines is 6. The second kappa shape index (κ2) is 24.0. The topological polar surface area (TPSA) is 40.1 Å². The number of para-hydroxylation sites is 3. The molecule has 0 saturated carbocycles. The lowest BCUT2D eigenvalue weighted by atomic mass is 9.33. The predicted octanol–water partition coefficient (Wildman–Crippen LogP) is 24.1. The van der Waals surface area contributed by atoms with E-state index in [1.807, 2.05) is 102 Å². The molecule has 0 atom stereocenters. The van der Waals surface area contributed by atoms with E-state index in [-0.39, 0.29) is 83.1 Å². The van der Waals surface area contributed by atoms with Crippen LogP contribution in [-0.4, -0.2) is 15.8 Å². The summed E-state index contributed by atoms with van der Waals surface area (Å²) >= 11 is 0. The van der Waals surface area contributed by atoms with E-state index >= 15 is 0 Å². The molecule has 0 bridgehead atoms. The van der Waals surface area contributed by atoms with Crippen LogP contribution >= 0.6 is 0 Å². The van der Waals surface area contributed by atoms with E-state index in [1.165, 1.54) is 22.8 Å². The molecule has 0 aliphatic carbocycles. The van der Waals surface area contributed by atoms with Gasteiger partial charge in [0.25, 0.3) is 6.71 Å². The van der Waals surface area contributed by atoms with Gasteiger partial charge in [-0.05, 0) is 173 Å². The summed E-state index contributed by atoms with van der Waals surface area (Å²) in [6.45, 7) is 18.1. The second-order valence-corrected chi connectivity index (χ2v) is 29.5. The maximum atomic E-state index is 12.3. The minimum Gasteiger partial charge on any atom is -0.310 e. The number of aromatic nitrogens is 2. The normalized spacial score (nSPS) is 16.1. The number of nitriles is 1. The first-order valence-electron chi connectivity index (χ1n) is 46.2. The molecule has 0 unspecified atom stereocenters. The summed E-state index contributed by atoms with van der Waals surface area (Å²) in [6.07, 6.45) is 0. The van der Waals surface area contributed by atoms with Crippen molar-refractivity contribution in [3.63, 3.8) is 0 Å². The Morgan fingerprint density at radius 1 is 0.330 bits per heavy atom. The molecular formula is C97H78BN5. The Morgan fingerprint density at radius 2 is 0.816 bits per heavy atom. The Hall–Kier alpha value is -12.2. The molecule has 0 amide bonds. The lowest BCUT2D eigenvalue weighted by Gasteiger charge is -2.45. The molecular weight excluding hydrogens is 1250 g/mol. The van der Waals surface area contributed by atoms with Crippen molar-refractivity contribution < 1.29 is 32.9 Å². The van der Waals surface area contributed by atoms with Gasteiger partial charge in [-0.15, -0.1) is 0 Å². The molecule has 494 valence electrons. The van der Waals surface area contributed by atoms with Crippen LogP contribution in [0.25, 0.3) is 111 Å². The number of fused-ring (bicyclic) bond motifs is 10. The summed E-state index contributed by atoms with van der Waals surface area (Å²) in [6, 6.07) is 37.6. The Kier molecular flexibility index (Phi) is 9.83. The van der Waals surface area contributed by atoms with E-state index in [2.05, 4.69) is 104 Å². The highest BCUT2D eigenvalue weighted by Crippen LogP contribution is 2.54. The molecule has 0 N–H and O–H groups in total. The summed E-state index contributed by atoms with van der Waals surface area (Å²) < 4.78 is 230. The molecule has 2 aliphatic heterocycles. The van der Waals surface area contributed by atoms with Gasteiger partial charge < -0.3 is 18.9 Å². The number of hydrogen-bond acceptors (Lipinski definition) is 3. The first-order valence-corrected chi connectivity index (χ1v) is 34.2. The Bertz CT molecular complexity index is 7510. The van der Waals surface area contributed by atoms with Crippen LogP contribution in [0.1, 0.15) is 117 Å². The molecule has 5 nitrogen and oxygen atoms in total. The van der Waals surface area contributed by atoms with Crippen molar-refractivity contribution in [1.82, 2.24) is 9.13 Å². The number of hydrogen-bond donors (Lipinski definition) is 0. The van der Waals surface area contributed by atoms with Gasteiger partial charge in [0.05, 0.1) is 77.6 Å². The van der Waals surface area contributed by atoms with E-state index < -0.39 is 179 Å². The van der Waals surface area contributed by atoms with Gasteiger partial charge in [0.2, 0.25) is 0 Å². The van der Waals surface area contributed by atoms with E-state index in [0.717, 1.165) is 33.4 Å². The molecule has 2 aromatic heterocycles. The van der Waals surface area contributed by atoms with Crippen LogP contribution in [0.15, 0.2) is 309 Å². The van der Waals surface area contributed by atoms with Gasteiger partial charge in [0, 0.05) is 61.1 Å². The fraction of sp³-hybridized carbons (Fsp3) is 0.124. The van der Waals surface area contributed by atoms with Crippen LogP contribution in [0.4, 0.5) is 34.1 Å². The quantitative estimate of drug-likeness (QED) is 0.135. The SMILES string of the molecule is [2H]c1cc2c(c([2H])c1[2H])c1c([2H])c([2H])c([2H])c([2H])c1n2-c1cc2c3c(c1)N(c1c(-c4ccccc4)cc(C(C)(C)C)cc1-c1ccccc1)c1cc(-c4c([2H])c([2H])c([2H])c([2H])c4[2H])ccc1B3c1ccc(-c3cc(C(C)(C)C)cc(C(C)(C)C)c3)cc1N2c1cc(-n2c3c([2H])c([2H])c([2H])c([2H])c3c3c(-c4c([2H])c([2H])c([2H])c([2H])c4[2H])c([2H])c([2H])c([2H])c32)ccc1C#N. The number of nitrogens with zero attached hydrogens (tertiary/aromatic N) is 5. The Morgan fingerprint density at radius 3 is 1.42 bits per heavy atom. The molecule has 0 fully saturated rings. The van der Waals surface area contributed by atoms with Crippen molar-refractivity contribution in [2.24, 2.45) is 0 Å². The van der Waals surface area contributed by atoms with Crippen molar-refractivity contribution >= 4 is 101 Å². The summed E-state index contributed by atoms with van der Waals surface area (Å²) in [7, 11) is 0. The minimum atomic E-state index is -0.969. The highest BCUT2D eigenvalue weighted by atomic mass is 15.2. The first kappa shape index (κ1) is 42.2. The molecule has 4 heterocycles. The van der Waals surface area contributed by atoms with Crippen LogP contribution in [0, 0.1) is 11.3 Å². The zero-order valence-corrected chi connectivity index (χ0v) is 57.9. The minimum absolute atomic E-state index is 0.0141. The fourth-order valence-electron chi connectivity index (χ4n) is 15.1. The highest BCUT2D eigenvalue weighted by molar-refractivity contribution is 7.00. The van der Waals surface area contributed by atoms with Crippen molar-refractivity contribution in [2.75, 3.05) is 9.80 Å². The smallest absolute Gasteiger partial charge is 0.252 e. The molecule has 0 saturated heterocycles. The Labute approximate surface area is 638 Å². The van der Waals surface area contributed by atoms with E-state index in [4.69, 9.17) is 5.48 Å². The summed E-state index contributed by atoms with van der Waals surface area (Å²) in [5, 5.41) is 11.4. The molecule has 18 rings (SSSR count). The molecule has 6 heteroatoms. The Balaban J connectivity index is 1.09. The van der Waals surface area contributed by atoms with Crippen LogP contribution in [0.2, 0.25) is 0 Å². The van der Waals surface area contributed by atoms with Crippen LogP contribution in [-0.2, 0) is 16.2 Å². The van der Waals surface area contributed by atoms with Gasteiger partial charge in [-0.25, -0.2) is 0 Å². The predicted molar refractivity (Wildman–Crippen MR) is 437 cm³/mol. The highest BCUT2D eigenvalue weighted by Gasteiger charge is 2.46. The molecule has 0 spiro atoms. The monoisotopic (exact) mass is 1350 g/mol. The van der Waals surface area contributed by atoms with E-state index in [0.29, 0.717) is 55.8 Å². The lowest BCUT2D eigenvalue weighted by Crippen LogP contribution is -2.61. The van der Waals surface area contributed by atoms with Gasteiger partial charge in [0.1, 0.15) is 6.07 Å². The zero-order chi connectivity index (χ0) is 91.1. The first-order chi connectivity index (χ1) is 59.9. The van der Waals surface area contributed by atoms with Crippen molar-refractivity contribution in [2.45, 2.75) is 78.6 Å². The number of benzene rings is 14. The van der Waals surface area contributed by atoms with Crippen LogP contribution in [0.3, 0.4) is 0 Å². The average molecular weight is 1350 g/mol. The van der Waals surface area contributed by atoms with Crippen LogP contribution in [0.5, 0.6) is 0 Å². The van der Waals surface area contributed by atoms with Gasteiger partial charge in [-0.3, -0.25) is 0 Å². The van der Waals surface area contributed by atoms with Gasteiger partial charge in [0.15, 0.2) is 0 Å². The summed E-state index contributed by atoms with van der Waals surface area (Å²) in [4.78, 5) is 3.92. The van der Waals surface area contributed by atoms with E-state index in [9.17, 15) is 32.7 Å². The van der Waals surface area contributed by atoms with Crippen LogP contribution < -0.4 is 26.2 Å². The third-order valence-electron chi connectivity index (χ3n) is 20.1. The maximum absolute atomic E-state index is 12.3. The third-order valence-corrected chi connectivity index (χ3v) is 20.1. The van der Waals surface area contributed by atoms with E-state index in [1.54, 1.807) is 22.8 Å². The van der Waals surface area contributed by atoms with Crippen molar-refractivity contribution in [1.29, 1.82) is 5.26 Å². The summed E-state index contributed by atoms with van der Waals surface area (Å²) in [5.74, 6) is 0. The lowest BCUT2D eigenvalue weighted by molar-refractivity contribution is 0.569. The molecule has 2 aliphatic rings. The zero-order valence-electron chi connectivity index (χ0n) is 81.9. The summed E-state index contributed by atoms with van der Waals surface area (Å²) in [5.41, 5.74) is 7.55. The second-order valence-electron chi connectivity index (χ2n) is 29.5. The van der Waals surface area contributed by atoms with Crippen molar-refractivity contribution in [3.05, 3.63) is 331 Å². The molecule has 0 radical (unpaired) electrons.